The number of hydrogen-bond acceptors (Lipinski definition) is 9. The topological polar surface area (TPSA) is 148 Å². The van der Waals surface area contributed by atoms with Crippen molar-refractivity contribution >= 4 is 60.0 Å². The number of aryl methyl sites for hydroxylation is 1. The van der Waals surface area contributed by atoms with Crippen LogP contribution in [0.1, 0.15) is 61.8 Å². The van der Waals surface area contributed by atoms with Crippen LogP contribution in [0.2, 0.25) is 5.02 Å². The van der Waals surface area contributed by atoms with Crippen molar-refractivity contribution in [3.05, 3.63) is 75.3 Å². The molecule has 0 aliphatic carbocycles. The van der Waals surface area contributed by atoms with E-state index in [1.165, 1.54) is 27.9 Å². The number of carboxylic acids is 1. The Morgan fingerprint density at radius 3 is 2.74 bits per heavy atom. The molecule has 1 aliphatic heterocycles. The second kappa shape index (κ2) is 12.2. The lowest BCUT2D eigenvalue weighted by Crippen LogP contribution is -2.36. The van der Waals surface area contributed by atoms with Crippen molar-refractivity contribution in [3.8, 4) is 5.88 Å². The maximum Gasteiger partial charge on any atom is 0.304 e. The fourth-order valence-corrected chi connectivity index (χ4v) is 8.68. The van der Waals surface area contributed by atoms with Gasteiger partial charge in [0, 0.05) is 23.4 Å². The van der Waals surface area contributed by atoms with Crippen LogP contribution in [-0.4, -0.2) is 67.1 Å². The van der Waals surface area contributed by atoms with E-state index in [-0.39, 0.29) is 41.9 Å². The molecule has 1 aliphatic rings. The van der Waals surface area contributed by atoms with E-state index >= 15 is 0 Å². The van der Waals surface area contributed by atoms with Crippen LogP contribution in [0.5, 0.6) is 5.88 Å². The second-order valence-electron chi connectivity index (χ2n) is 12.3. The smallest absolute Gasteiger partial charge is 0.304 e. The Balaban J connectivity index is 1.45. The van der Waals surface area contributed by atoms with Crippen LogP contribution in [0, 0.1) is 6.92 Å². The number of pyridine rings is 1. The van der Waals surface area contributed by atoms with Gasteiger partial charge in [0.25, 0.3) is 0 Å². The highest BCUT2D eigenvalue weighted by Crippen LogP contribution is 2.39. The number of carboxylic acid groups (broad SMARTS) is 1. The zero-order valence-electron chi connectivity index (χ0n) is 25.8. The van der Waals surface area contributed by atoms with Crippen LogP contribution in [-0.2, 0) is 27.9 Å². The summed E-state index contributed by atoms with van der Waals surface area (Å²) in [6, 6.07) is 11.0. The molecule has 2 aromatic carbocycles. The average Bonchev–Trinajstić information content (AvgIpc) is 3.60. The lowest BCUT2D eigenvalue weighted by Gasteiger charge is -2.24. The summed E-state index contributed by atoms with van der Waals surface area (Å²) in [4.78, 5) is 16.4. The largest absolute Gasteiger partial charge is 0.481 e. The number of sulfonamides is 1. The van der Waals surface area contributed by atoms with Gasteiger partial charge in [-0.3, -0.25) is 4.79 Å². The molecule has 3 aromatic heterocycles. The van der Waals surface area contributed by atoms with Crippen molar-refractivity contribution in [3.63, 3.8) is 0 Å². The van der Waals surface area contributed by atoms with Gasteiger partial charge in [-0.25, -0.2) is 18.1 Å². The van der Waals surface area contributed by atoms with E-state index < -0.39 is 33.6 Å². The molecule has 0 bridgehead atoms. The molecule has 0 amide bonds. The summed E-state index contributed by atoms with van der Waals surface area (Å²) < 4.78 is 38.0. The number of ether oxygens (including phenoxy) is 1. The molecule has 1 unspecified atom stereocenters. The summed E-state index contributed by atoms with van der Waals surface area (Å²) in [5.41, 5.74) is 3.43. The fourth-order valence-electron chi connectivity index (χ4n) is 6.02. The first-order chi connectivity index (χ1) is 21.7. The van der Waals surface area contributed by atoms with Crippen LogP contribution in [0.25, 0.3) is 21.1 Å². The third kappa shape index (κ3) is 6.21. The summed E-state index contributed by atoms with van der Waals surface area (Å²) in [6.45, 7) is 7.61. The van der Waals surface area contributed by atoms with Crippen molar-refractivity contribution in [2.24, 2.45) is 0 Å². The number of halogens is 1. The standard InChI is InChI=1S/C32H34ClN5O6S2/c1-5-23-16-37(46(42,43)27-12-22(33)14-34-31(27)44-23)15-21-11-20(10-19-8-9-45-30(19)21)25(13-28(39)40)24-6-7-26-29(18(24)2)35-36-38(26)17-32(3,4)41/h6-12,14,23,25,41H,5,13,15-17H2,1-4H3,(H,39,40)/t23-,25?/m1/s1. The molecular weight excluding hydrogens is 650 g/mol. The van der Waals surface area contributed by atoms with Crippen LogP contribution in [0.3, 0.4) is 0 Å². The van der Waals surface area contributed by atoms with Crippen molar-refractivity contribution in [1.29, 1.82) is 0 Å². The summed E-state index contributed by atoms with van der Waals surface area (Å²) in [7, 11) is -4.04. The van der Waals surface area contributed by atoms with Gasteiger partial charge in [0.05, 0.1) is 35.7 Å². The van der Waals surface area contributed by atoms with Crippen molar-refractivity contribution < 1.29 is 28.2 Å². The molecule has 0 saturated carbocycles. The number of aliphatic carboxylic acids is 1. The minimum atomic E-state index is -4.04. The van der Waals surface area contributed by atoms with Gasteiger partial charge in [-0.15, -0.1) is 16.4 Å². The van der Waals surface area contributed by atoms with Crippen molar-refractivity contribution in [1.82, 2.24) is 24.3 Å². The Hall–Kier alpha value is -3.62. The van der Waals surface area contributed by atoms with Gasteiger partial charge in [-0.05, 0) is 84.5 Å². The molecule has 46 heavy (non-hydrogen) atoms. The summed E-state index contributed by atoms with van der Waals surface area (Å²) in [5.74, 6) is -1.50. The minimum absolute atomic E-state index is 0.0284. The number of aliphatic hydroxyl groups is 1. The maximum atomic E-state index is 14.0. The second-order valence-corrected chi connectivity index (χ2v) is 15.5. The number of benzene rings is 2. The Bertz CT molecular complexity index is 2070. The Kier molecular flexibility index (Phi) is 8.57. The molecule has 14 heteroatoms. The van der Waals surface area contributed by atoms with E-state index in [2.05, 4.69) is 15.3 Å². The van der Waals surface area contributed by atoms with Gasteiger partial charge in [-0.1, -0.05) is 35.9 Å². The van der Waals surface area contributed by atoms with E-state index in [9.17, 15) is 23.4 Å². The highest BCUT2D eigenvalue weighted by molar-refractivity contribution is 7.89. The Labute approximate surface area is 275 Å². The SMILES string of the molecule is CC[C@@H]1CN(Cc2cc(C(CC(=O)O)c3ccc4c(nnn4CC(C)(C)O)c3C)cc3ccsc23)S(=O)(=O)c2cc(Cl)cnc2O1. The maximum absolute atomic E-state index is 14.0. The predicted molar refractivity (Wildman–Crippen MR) is 176 cm³/mol. The number of aromatic nitrogens is 4. The van der Waals surface area contributed by atoms with Gasteiger partial charge in [-0.2, -0.15) is 4.31 Å². The van der Waals surface area contributed by atoms with Crippen molar-refractivity contribution in [2.75, 3.05) is 6.54 Å². The number of rotatable bonds is 9. The zero-order valence-corrected chi connectivity index (χ0v) is 28.2. The molecule has 0 saturated heterocycles. The van der Waals surface area contributed by atoms with Gasteiger partial charge >= 0.3 is 5.97 Å². The lowest BCUT2D eigenvalue weighted by atomic mass is 9.84. The molecule has 4 heterocycles. The zero-order chi connectivity index (χ0) is 33.0. The van der Waals surface area contributed by atoms with E-state index in [4.69, 9.17) is 16.3 Å². The molecule has 2 N–H and O–H groups in total. The third-order valence-corrected chi connectivity index (χ3v) is 11.2. The first-order valence-electron chi connectivity index (χ1n) is 14.8. The molecule has 0 fully saturated rings. The van der Waals surface area contributed by atoms with Crippen LogP contribution in [0.15, 0.2) is 52.9 Å². The van der Waals surface area contributed by atoms with Gasteiger partial charge in [0.2, 0.25) is 15.9 Å². The molecule has 11 nitrogen and oxygen atoms in total. The van der Waals surface area contributed by atoms with E-state index in [1.54, 1.807) is 18.5 Å². The molecule has 242 valence electrons. The van der Waals surface area contributed by atoms with Crippen LogP contribution >= 0.6 is 22.9 Å². The van der Waals surface area contributed by atoms with Crippen LogP contribution in [0.4, 0.5) is 0 Å². The third-order valence-electron chi connectivity index (χ3n) is 8.22. The highest BCUT2D eigenvalue weighted by Gasteiger charge is 2.36. The fraction of sp³-hybridized carbons (Fsp3) is 0.375. The summed E-state index contributed by atoms with van der Waals surface area (Å²) >= 11 is 7.67. The number of nitrogens with zero attached hydrogens (tertiary/aromatic N) is 5. The molecule has 5 aromatic rings. The summed E-state index contributed by atoms with van der Waals surface area (Å²) in [5, 5.41) is 32.0. The quantitative estimate of drug-likeness (QED) is 0.198. The minimum Gasteiger partial charge on any atom is -0.481 e. The van der Waals surface area contributed by atoms with E-state index in [0.717, 1.165) is 37.9 Å². The number of fused-ring (bicyclic) bond motifs is 3. The number of hydrogen-bond donors (Lipinski definition) is 2. The molecule has 2 atom stereocenters. The number of thiophene rings is 1. The normalized spacial score (nSPS) is 17.5. The molecular formula is C32H34ClN5O6S2. The molecule has 0 spiro atoms. The average molecular weight is 684 g/mol. The number of carbonyl (C=O) groups is 1. The molecule has 6 rings (SSSR count). The van der Waals surface area contributed by atoms with Gasteiger partial charge in [0.15, 0.2) is 0 Å². The van der Waals surface area contributed by atoms with Crippen LogP contribution < -0.4 is 4.74 Å². The predicted octanol–water partition coefficient (Wildman–Crippen LogP) is 5.74. The monoisotopic (exact) mass is 683 g/mol. The molecule has 0 radical (unpaired) electrons. The highest BCUT2D eigenvalue weighted by atomic mass is 35.5. The Morgan fingerprint density at radius 2 is 2.02 bits per heavy atom. The van der Waals surface area contributed by atoms with E-state index in [1.807, 2.05) is 49.6 Å². The Morgan fingerprint density at radius 1 is 1.24 bits per heavy atom. The van der Waals surface area contributed by atoms with Gasteiger partial charge in [0.1, 0.15) is 16.5 Å². The summed E-state index contributed by atoms with van der Waals surface area (Å²) in [6.07, 6.45) is 1.32. The van der Waals surface area contributed by atoms with E-state index in [0.29, 0.717) is 11.9 Å². The van der Waals surface area contributed by atoms with Crippen molar-refractivity contribution in [2.45, 2.75) is 76.1 Å². The first-order valence-corrected chi connectivity index (χ1v) is 17.5. The lowest BCUT2D eigenvalue weighted by molar-refractivity contribution is -0.137. The van der Waals surface area contributed by atoms with Gasteiger partial charge < -0.3 is 14.9 Å². The first kappa shape index (κ1) is 32.3.